The molecule has 170 valence electrons. The number of anilines is 2. The minimum atomic E-state index is -0.961. The van der Waals surface area contributed by atoms with Crippen molar-refractivity contribution in [2.75, 3.05) is 36.4 Å². The van der Waals surface area contributed by atoms with Crippen LogP contribution in [0.1, 0.15) is 39.1 Å². The number of imide groups is 2. The van der Waals surface area contributed by atoms with Gasteiger partial charge in [-0.2, -0.15) is 0 Å². The molecular formula is C23H24N6O4. The highest BCUT2D eigenvalue weighted by Crippen LogP contribution is 2.28. The molecule has 2 aromatic rings. The fourth-order valence-corrected chi connectivity index (χ4v) is 4.43. The van der Waals surface area contributed by atoms with Crippen LogP contribution in [0.2, 0.25) is 0 Å². The number of carbonyl (C=O) groups is 4. The van der Waals surface area contributed by atoms with Crippen molar-refractivity contribution in [1.29, 1.82) is 0 Å². The highest BCUT2D eigenvalue weighted by atomic mass is 16.2. The summed E-state index contributed by atoms with van der Waals surface area (Å²) >= 11 is 0. The van der Waals surface area contributed by atoms with Gasteiger partial charge in [-0.3, -0.25) is 29.4 Å². The summed E-state index contributed by atoms with van der Waals surface area (Å²) in [6.07, 6.45) is 2.01. The summed E-state index contributed by atoms with van der Waals surface area (Å²) < 4.78 is 0. The van der Waals surface area contributed by atoms with Crippen molar-refractivity contribution in [2.45, 2.75) is 25.4 Å². The Bertz CT molecular complexity index is 1140. The van der Waals surface area contributed by atoms with Crippen molar-refractivity contribution in [1.82, 2.24) is 20.5 Å². The van der Waals surface area contributed by atoms with E-state index in [2.05, 4.69) is 25.8 Å². The molecule has 3 aliphatic rings. The molecule has 3 N–H and O–H groups in total. The lowest BCUT2D eigenvalue weighted by atomic mass is 10.0. The maximum absolute atomic E-state index is 13.0. The van der Waals surface area contributed by atoms with Crippen LogP contribution in [0.5, 0.6) is 0 Å². The molecule has 33 heavy (non-hydrogen) atoms. The van der Waals surface area contributed by atoms with E-state index in [1.807, 2.05) is 12.1 Å². The Labute approximate surface area is 190 Å². The molecular weight excluding hydrogens is 424 g/mol. The number of amides is 4. The van der Waals surface area contributed by atoms with Gasteiger partial charge in [0.05, 0.1) is 11.1 Å². The van der Waals surface area contributed by atoms with E-state index in [1.165, 1.54) is 0 Å². The summed E-state index contributed by atoms with van der Waals surface area (Å²) in [7, 11) is 0. The topological polar surface area (TPSA) is 124 Å². The van der Waals surface area contributed by atoms with Crippen LogP contribution in [-0.4, -0.2) is 65.7 Å². The van der Waals surface area contributed by atoms with Crippen LogP contribution < -0.4 is 20.9 Å². The van der Waals surface area contributed by atoms with E-state index in [9.17, 15) is 19.2 Å². The Hall–Kier alpha value is -3.79. The molecule has 1 unspecified atom stereocenters. The summed E-state index contributed by atoms with van der Waals surface area (Å²) in [6.45, 7) is 4.12. The minimum absolute atomic E-state index is 0.0981. The molecule has 3 aliphatic heterocycles. The van der Waals surface area contributed by atoms with Gasteiger partial charge in [-0.15, -0.1) is 0 Å². The van der Waals surface area contributed by atoms with Gasteiger partial charge in [-0.1, -0.05) is 6.07 Å². The lowest BCUT2D eigenvalue weighted by Crippen LogP contribution is -2.54. The normalized spacial score (nSPS) is 20.7. The summed E-state index contributed by atoms with van der Waals surface area (Å²) in [6, 6.07) is 8.03. The van der Waals surface area contributed by atoms with Gasteiger partial charge in [-0.05, 0) is 30.2 Å². The predicted molar refractivity (Wildman–Crippen MR) is 120 cm³/mol. The van der Waals surface area contributed by atoms with Crippen molar-refractivity contribution in [3.63, 3.8) is 0 Å². The number of hydrogen-bond acceptors (Lipinski definition) is 8. The summed E-state index contributed by atoms with van der Waals surface area (Å²) in [5.74, 6) is -1.09. The zero-order valence-corrected chi connectivity index (χ0v) is 18.0. The smallest absolute Gasteiger partial charge is 0.262 e. The van der Waals surface area contributed by atoms with Gasteiger partial charge in [0.2, 0.25) is 11.8 Å². The SMILES string of the molecule is O=C1CCC(N2C(=O)c3ccc(CNc4ccnc(N5CCNCC5)c4)cc3C2=O)C(=O)N1. The van der Waals surface area contributed by atoms with Gasteiger partial charge in [0, 0.05) is 57.1 Å². The summed E-state index contributed by atoms with van der Waals surface area (Å²) in [5.41, 5.74) is 2.30. The quantitative estimate of drug-likeness (QED) is 0.565. The molecule has 5 rings (SSSR count). The second kappa shape index (κ2) is 8.62. The number of aromatic nitrogens is 1. The van der Waals surface area contributed by atoms with Crippen LogP contribution in [0.15, 0.2) is 36.5 Å². The van der Waals surface area contributed by atoms with E-state index in [-0.39, 0.29) is 24.0 Å². The second-order valence-corrected chi connectivity index (χ2v) is 8.32. The first kappa shape index (κ1) is 21.1. The molecule has 1 aromatic carbocycles. The third kappa shape index (κ3) is 4.05. The van der Waals surface area contributed by atoms with Crippen LogP contribution >= 0.6 is 0 Å². The third-order valence-corrected chi connectivity index (χ3v) is 6.19. The fraction of sp³-hybridized carbons (Fsp3) is 0.348. The Morgan fingerprint density at radius 1 is 1.00 bits per heavy atom. The molecule has 2 fully saturated rings. The van der Waals surface area contributed by atoms with E-state index >= 15 is 0 Å². The Balaban J connectivity index is 1.29. The number of fused-ring (bicyclic) bond motifs is 1. The lowest BCUT2D eigenvalue weighted by Gasteiger charge is -2.28. The molecule has 10 heteroatoms. The van der Waals surface area contributed by atoms with Crippen LogP contribution in [0, 0.1) is 0 Å². The van der Waals surface area contributed by atoms with Crippen molar-refractivity contribution in [3.8, 4) is 0 Å². The number of pyridine rings is 1. The van der Waals surface area contributed by atoms with Crippen molar-refractivity contribution < 1.29 is 19.2 Å². The monoisotopic (exact) mass is 448 g/mol. The average molecular weight is 448 g/mol. The maximum Gasteiger partial charge on any atom is 0.262 e. The largest absolute Gasteiger partial charge is 0.381 e. The Morgan fingerprint density at radius 3 is 2.58 bits per heavy atom. The highest BCUT2D eigenvalue weighted by molar-refractivity contribution is 6.23. The first-order valence-electron chi connectivity index (χ1n) is 11.0. The third-order valence-electron chi connectivity index (χ3n) is 6.19. The number of piperidine rings is 1. The van der Waals surface area contributed by atoms with Crippen molar-refractivity contribution in [2.24, 2.45) is 0 Å². The van der Waals surface area contributed by atoms with Crippen LogP contribution in [-0.2, 0) is 16.1 Å². The number of carbonyl (C=O) groups excluding carboxylic acids is 4. The molecule has 0 saturated carbocycles. The molecule has 0 radical (unpaired) electrons. The standard InChI is InChI=1S/C23H24N6O4/c30-20-4-3-18(21(31)27-20)29-22(32)16-2-1-14(11-17(16)23(29)33)13-26-15-5-6-25-19(12-15)28-9-7-24-8-10-28/h1-2,5-6,11-12,18,24H,3-4,7-10,13H2,(H,25,26)(H,27,30,31). The number of rotatable bonds is 5. The van der Waals surface area contributed by atoms with E-state index in [0.29, 0.717) is 6.54 Å². The first-order valence-corrected chi connectivity index (χ1v) is 11.0. The number of hydrogen-bond donors (Lipinski definition) is 3. The maximum atomic E-state index is 13.0. The van der Waals surface area contributed by atoms with Crippen molar-refractivity contribution in [3.05, 3.63) is 53.2 Å². The van der Waals surface area contributed by atoms with Gasteiger partial charge < -0.3 is 15.5 Å². The molecule has 1 atom stereocenters. The van der Waals surface area contributed by atoms with Crippen molar-refractivity contribution >= 4 is 35.1 Å². The average Bonchev–Trinajstić information content (AvgIpc) is 3.08. The van der Waals surface area contributed by atoms with E-state index in [4.69, 9.17) is 0 Å². The zero-order chi connectivity index (χ0) is 22.9. The number of piperazine rings is 1. The molecule has 0 bridgehead atoms. The zero-order valence-electron chi connectivity index (χ0n) is 18.0. The van der Waals surface area contributed by atoms with Gasteiger partial charge >= 0.3 is 0 Å². The molecule has 2 saturated heterocycles. The molecule has 4 heterocycles. The second-order valence-electron chi connectivity index (χ2n) is 8.32. The molecule has 1 aromatic heterocycles. The molecule has 10 nitrogen and oxygen atoms in total. The summed E-state index contributed by atoms with van der Waals surface area (Å²) in [5, 5.41) is 8.88. The predicted octanol–water partition coefficient (Wildman–Crippen LogP) is 0.505. The molecule has 0 aliphatic carbocycles. The van der Waals surface area contributed by atoms with E-state index < -0.39 is 29.7 Å². The van der Waals surface area contributed by atoms with Crippen LogP contribution in [0.3, 0.4) is 0 Å². The Kier molecular flexibility index (Phi) is 5.51. The first-order chi connectivity index (χ1) is 16.0. The van der Waals surface area contributed by atoms with Gasteiger partial charge in [0.1, 0.15) is 11.9 Å². The fourth-order valence-electron chi connectivity index (χ4n) is 4.43. The number of nitrogens with zero attached hydrogens (tertiary/aromatic N) is 3. The lowest BCUT2D eigenvalue weighted by molar-refractivity contribution is -0.136. The highest BCUT2D eigenvalue weighted by Gasteiger charge is 2.44. The Morgan fingerprint density at radius 2 is 1.79 bits per heavy atom. The van der Waals surface area contributed by atoms with Gasteiger partial charge in [0.15, 0.2) is 0 Å². The number of benzene rings is 1. The molecule has 0 spiro atoms. The summed E-state index contributed by atoms with van der Waals surface area (Å²) in [4.78, 5) is 57.1. The van der Waals surface area contributed by atoms with Crippen LogP contribution in [0.25, 0.3) is 0 Å². The van der Waals surface area contributed by atoms with E-state index in [0.717, 1.165) is 48.1 Å². The van der Waals surface area contributed by atoms with E-state index in [1.54, 1.807) is 24.4 Å². The van der Waals surface area contributed by atoms with Crippen LogP contribution in [0.4, 0.5) is 11.5 Å². The molecule has 4 amide bonds. The number of nitrogens with one attached hydrogen (secondary N) is 3. The van der Waals surface area contributed by atoms with Gasteiger partial charge in [0.25, 0.3) is 11.8 Å². The van der Waals surface area contributed by atoms with Gasteiger partial charge in [-0.25, -0.2) is 4.98 Å². The minimum Gasteiger partial charge on any atom is -0.381 e.